The Morgan fingerprint density at radius 1 is 1.04 bits per heavy atom. The van der Waals surface area contributed by atoms with E-state index in [9.17, 15) is 9.59 Å². The number of H-pyrrole nitrogens is 2. The van der Waals surface area contributed by atoms with Crippen molar-refractivity contribution in [2.24, 2.45) is 0 Å². The monoisotopic (exact) mass is 338 g/mol. The minimum absolute atomic E-state index is 0.233. The second kappa shape index (κ2) is 5.23. The summed E-state index contributed by atoms with van der Waals surface area (Å²) in [5.41, 5.74) is 1.66. The third-order valence-electron chi connectivity index (χ3n) is 3.89. The van der Waals surface area contributed by atoms with Crippen LogP contribution in [0.15, 0.2) is 28.0 Å². The zero-order valence-electron chi connectivity index (χ0n) is 13.7. The minimum atomic E-state index is -0.342. The van der Waals surface area contributed by atoms with Gasteiger partial charge in [-0.3, -0.25) is 14.7 Å². The highest BCUT2D eigenvalue weighted by atomic mass is 16.1. The summed E-state index contributed by atoms with van der Waals surface area (Å²) >= 11 is 0. The van der Waals surface area contributed by atoms with Crippen LogP contribution in [0.4, 0.5) is 0 Å². The number of hydrogen-bond donors (Lipinski definition) is 2. The van der Waals surface area contributed by atoms with E-state index in [0.29, 0.717) is 16.6 Å². The Labute approximate surface area is 140 Å². The molecule has 0 amide bonds. The van der Waals surface area contributed by atoms with Crippen molar-refractivity contribution in [2.75, 3.05) is 0 Å². The van der Waals surface area contributed by atoms with Gasteiger partial charge in [-0.25, -0.2) is 19.6 Å². The zero-order valence-corrected chi connectivity index (χ0v) is 13.7. The van der Waals surface area contributed by atoms with Crippen molar-refractivity contribution >= 4 is 10.9 Å². The van der Waals surface area contributed by atoms with Gasteiger partial charge in [-0.2, -0.15) is 14.8 Å². The van der Waals surface area contributed by atoms with Gasteiger partial charge < -0.3 is 0 Å². The lowest BCUT2D eigenvalue weighted by Gasteiger charge is -2.05. The van der Waals surface area contributed by atoms with Gasteiger partial charge in [0.15, 0.2) is 0 Å². The van der Waals surface area contributed by atoms with Crippen LogP contribution in [0.2, 0.25) is 0 Å². The van der Waals surface area contributed by atoms with Gasteiger partial charge in [-0.1, -0.05) is 0 Å². The van der Waals surface area contributed by atoms with Gasteiger partial charge in [-0.05, 0) is 26.8 Å². The van der Waals surface area contributed by atoms with Crippen molar-refractivity contribution < 1.29 is 0 Å². The van der Waals surface area contributed by atoms with E-state index in [2.05, 4.69) is 30.2 Å². The first kappa shape index (κ1) is 15.0. The molecular weight excluding hydrogens is 324 g/mol. The molecule has 4 rings (SSSR count). The van der Waals surface area contributed by atoms with Gasteiger partial charge in [0.2, 0.25) is 5.95 Å². The number of pyridine rings is 1. The molecule has 0 spiro atoms. The number of aromatic amines is 2. The molecule has 4 heterocycles. The maximum atomic E-state index is 12.9. The van der Waals surface area contributed by atoms with Gasteiger partial charge in [0.05, 0.1) is 10.9 Å². The Hall–Kier alpha value is -3.56. The first-order chi connectivity index (χ1) is 12.0. The maximum Gasteiger partial charge on any atom is 0.283 e. The van der Waals surface area contributed by atoms with Crippen LogP contribution >= 0.6 is 0 Å². The summed E-state index contributed by atoms with van der Waals surface area (Å²) in [4.78, 5) is 37.9. The van der Waals surface area contributed by atoms with Crippen LogP contribution in [0, 0.1) is 20.8 Å². The largest absolute Gasteiger partial charge is 0.287 e. The molecule has 4 aromatic rings. The number of nitrogens with zero attached hydrogens (tertiary/aromatic N) is 6. The molecule has 2 N–H and O–H groups in total. The summed E-state index contributed by atoms with van der Waals surface area (Å²) in [7, 11) is 0. The molecule has 0 unspecified atom stereocenters. The average molecular weight is 338 g/mol. The first-order valence-corrected chi connectivity index (χ1v) is 7.51. The van der Waals surface area contributed by atoms with Crippen molar-refractivity contribution in [3.8, 4) is 11.9 Å². The number of nitrogens with one attached hydrogen (secondary N) is 2. The molecule has 0 saturated heterocycles. The summed E-state index contributed by atoms with van der Waals surface area (Å²) in [5.74, 6) is 0.482. The zero-order chi connectivity index (χ0) is 17.7. The quantitative estimate of drug-likeness (QED) is 0.541. The van der Waals surface area contributed by atoms with Crippen LogP contribution in [0.25, 0.3) is 22.8 Å². The molecule has 0 aliphatic heterocycles. The Kier molecular flexibility index (Phi) is 3.14. The fraction of sp³-hybridized carbons (Fsp3) is 0.200. The molecule has 10 nitrogen and oxygen atoms in total. The Balaban J connectivity index is 2.05. The average Bonchev–Trinajstić information content (AvgIpc) is 3.15. The van der Waals surface area contributed by atoms with Gasteiger partial charge in [-0.15, -0.1) is 0 Å². The van der Waals surface area contributed by atoms with Crippen LogP contribution in [-0.2, 0) is 0 Å². The lowest BCUT2D eigenvalue weighted by molar-refractivity contribution is 0.780. The molecule has 0 atom stereocenters. The second-order valence-corrected chi connectivity index (χ2v) is 5.70. The number of fused-ring (bicyclic) bond motifs is 1. The summed E-state index contributed by atoms with van der Waals surface area (Å²) in [6.07, 6.45) is 1.30. The topological polar surface area (TPSA) is 127 Å². The van der Waals surface area contributed by atoms with E-state index in [1.807, 2.05) is 19.9 Å². The Bertz CT molecular complexity index is 1190. The molecule has 0 saturated carbocycles. The molecule has 0 fully saturated rings. The summed E-state index contributed by atoms with van der Waals surface area (Å²) in [5, 5.41) is 9.65. The number of aryl methyl sites for hydroxylation is 3. The van der Waals surface area contributed by atoms with E-state index in [1.54, 1.807) is 6.92 Å². The Morgan fingerprint density at radius 2 is 1.76 bits per heavy atom. The van der Waals surface area contributed by atoms with E-state index in [1.165, 1.54) is 21.6 Å². The highest BCUT2D eigenvalue weighted by Crippen LogP contribution is 2.14. The highest BCUT2D eigenvalue weighted by Gasteiger charge is 2.18. The predicted molar refractivity (Wildman–Crippen MR) is 89.2 cm³/mol. The highest BCUT2D eigenvalue weighted by molar-refractivity contribution is 5.80. The number of rotatable bonds is 2. The van der Waals surface area contributed by atoms with E-state index < -0.39 is 0 Å². The smallest absolute Gasteiger partial charge is 0.283 e. The summed E-state index contributed by atoms with van der Waals surface area (Å²) in [6, 6.07) is 3.15. The van der Waals surface area contributed by atoms with Gasteiger partial charge in [0.1, 0.15) is 6.33 Å². The van der Waals surface area contributed by atoms with Crippen molar-refractivity contribution in [3.63, 3.8) is 0 Å². The molecule has 0 aliphatic carbocycles. The van der Waals surface area contributed by atoms with E-state index in [0.717, 1.165) is 11.4 Å². The number of hydrogen-bond acceptors (Lipinski definition) is 6. The normalized spacial score (nSPS) is 11.3. The third kappa shape index (κ3) is 2.26. The van der Waals surface area contributed by atoms with Crippen LogP contribution in [0.1, 0.15) is 17.1 Å². The maximum absolute atomic E-state index is 12.9. The summed E-state index contributed by atoms with van der Waals surface area (Å²) < 4.78 is 2.54. The number of aromatic nitrogens is 8. The van der Waals surface area contributed by atoms with E-state index >= 15 is 0 Å². The van der Waals surface area contributed by atoms with Gasteiger partial charge in [0, 0.05) is 23.1 Å². The van der Waals surface area contributed by atoms with E-state index in [-0.39, 0.29) is 23.0 Å². The van der Waals surface area contributed by atoms with Gasteiger partial charge >= 0.3 is 0 Å². The molecule has 25 heavy (non-hydrogen) atoms. The SMILES string of the molecule is Cc1cc(C)nc(-n2[nH]c3cc(=O)n(-c4ncn[nH]4)c(C)c3c2=O)n1. The molecule has 0 bridgehead atoms. The van der Waals surface area contributed by atoms with Crippen molar-refractivity contribution in [1.29, 1.82) is 0 Å². The van der Waals surface area contributed by atoms with Crippen LogP contribution in [-0.4, -0.2) is 39.5 Å². The fourth-order valence-electron chi connectivity index (χ4n) is 2.89. The fourth-order valence-corrected chi connectivity index (χ4v) is 2.89. The van der Waals surface area contributed by atoms with Gasteiger partial charge in [0.25, 0.3) is 17.1 Å². The van der Waals surface area contributed by atoms with Crippen LogP contribution < -0.4 is 11.1 Å². The third-order valence-corrected chi connectivity index (χ3v) is 3.89. The molecule has 126 valence electrons. The molecular formula is C15H14N8O2. The standard InChI is InChI=1S/C15H14N8O2/c1-7-4-8(2)19-15(18-7)23-13(25)12-9(3)22(14-16-6-17-20-14)11(24)5-10(12)21-23/h4-6,21H,1-3H3,(H,16,17,20). The predicted octanol–water partition coefficient (Wildman–Crippen LogP) is 0.303. The molecule has 0 radical (unpaired) electrons. The van der Waals surface area contributed by atoms with Crippen LogP contribution in [0.5, 0.6) is 0 Å². The minimum Gasteiger partial charge on any atom is -0.287 e. The molecule has 10 heteroatoms. The molecule has 0 aliphatic rings. The van der Waals surface area contributed by atoms with Crippen molar-refractivity contribution in [1.82, 2.24) is 39.5 Å². The molecule has 0 aromatic carbocycles. The van der Waals surface area contributed by atoms with Crippen LogP contribution in [0.3, 0.4) is 0 Å². The summed E-state index contributed by atoms with van der Waals surface area (Å²) in [6.45, 7) is 5.32. The lowest BCUT2D eigenvalue weighted by atomic mass is 10.2. The second-order valence-electron chi connectivity index (χ2n) is 5.70. The van der Waals surface area contributed by atoms with E-state index in [4.69, 9.17) is 0 Å². The first-order valence-electron chi connectivity index (χ1n) is 7.51. The van der Waals surface area contributed by atoms with Crippen molar-refractivity contribution in [2.45, 2.75) is 20.8 Å². The lowest BCUT2D eigenvalue weighted by Crippen LogP contribution is -2.23. The Morgan fingerprint density at radius 3 is 2.40 bits per heavy atom. The molecule has 4 aromatic heterocycles. The van der Waals surface area contributed by atoms with Crippen molar-refractivity contribution in [3.05, 3.63) is 56.2 Å².